The molecule has 0 aromatic heterocycles. The van der Waals surface area contributed by atoms with E-state index in [9.17, 15) is 17.6 Å². The van der Waals surface area contributed by atoms with Gasteiger partial charge in [-0.25, -0.2) is 17.5 Å². The third-order valence-electron chi connectivity index (χ3n) is 3.83. The molecule has 0 radical (unpaired) electrons. The number of nitrogens with one attached hydrogen (secondary N) is 1. The smallest absolute Gasteiger partial charge is 0.231 e. The van der Waals surface area contributed by atoms with Crippen molar-refractivity contribution in [2.45, 2.75) is 12.2 Å². The molecular formula is C17H17FN2O3S. The highest BCUT2D eigenvalue weighted by Gasteiger charge is 2.26. The fraction of sp³-hybridized carbons (Fsp3) is 0.235. The summed E-state index contributed by atoms with van der Waals surface area (Å²) in [5.74, 6) is -0.808. The Labute approximate surface area is 140 Å². The standard InChI is InChI=1S/C17H17FN2O3S/c18-15-6-3-4-13(10-15)12-24(22,23)19-8-9-20-16-7-2-1-5-14(16)11-17(20)21/h1-7,10,19H,8-9,11-12H2. The van der Waals surface area contributed by atoms with Crippen molar-refractivity contribution in [1.29, 1.82) is 0 Å². The average Bonchev–Trinajstić information content (AvgIpc) is 2.83. The molecular weight excluding hydrogens is 331 g/mol. The minimum atomic E-state index is -3.59. The Morgan fingerprint density at radius 1 is 1.12 bits per heavy atom. The van der Waals surface area contributed by atoms with Gasteiger partial charge < -0.3 is 4.90 Å². The second-order valence-electron chi connectivity index (χ2n) is 5.63. The van der Waals surface area contributed by atoms with Crippen molar-refractivity contribution in [2.75, 3.05) is 18.0 Å². The van der Waals surface area contributed by atoms with Crippen LogP contribution in [0.3, 0.4) is 0 Å². The Balaban J connectivity index is 1.59. The van der Waals surface area contributed by atoms with Crippen molar-refractivity contribution in [3.8, 4) is 0 Å². The van der Waals surface area contributed by atoms with E-state index < -0.39 is 15.8 Å². The summed E-state index contributed by atoms with van der Waals surface area (Å²) in [6.45, 7) is 0.371. The van der Waals surface area contributed by atoms with Gasteiger partial charge in [-0.2, -0.15) is 0 Å². The van der Waals surface area contributed by atoms with Gasteiger partial charge in [-0.3, -0.25) is 4.79 Å². The molecule has 2 aromatic carbocycles. The number of fused-ring (bicyclic) bond motifs is 1. The molecule has 1 amide bonds. The number of halogens is 1. The van der Waals surface area contributed by atoms with Gasteiger partial charge in [0, 0.05) is 18.8 Å². The van der Waals surface area contributed by atoms with Crippen LogP contribution < -0.4 is 9.62 Å². The Kier molecular flexibility index (Phi) is 4.64. The van der Waals surface area contributed by atoms with Gasteiger partial charge in [0.05, 0.1) is 12.2 Å². The van der Waals surface area contributed by atoms with Crippen molar-refractivity contribution in [2.24, 2.45) is 0 Å². The maximum atomic E-state index is 13.1. The topological polar surface area (TPSA) is 66.5 Å². The fourth-order valence-electron chi connectivity index (χ4n) is 2.77. The van der Waals surface area contributed by atoms with Crippen LogP contribution in [-0.2, 0) is 27.0 Å². The van der Waals surface area contributed by atoms with Crippen LogP contribution in [0.2, 0.25) is 0 Å². The molecule has 1 aliphatic rings. The van der Waals surface area contributed by atoms with Gasteiger partial charge in [-0.05, 0) is 29.3 Å². The third-order valence-corrected chi connectivity index (χ3v) is 5.19. The van der Waals surface area contributed by atoms with Crippen molar-refractivity contribution in [1.82, 2.24) is 4.72 Å². The highest BCUT2D eigenvalue weighted by molar-refractivity contribution is 7.88. The Morgan fingerprint density at radius 2 is 1.92 bits per heavy atom. The van der Waals surface area contributed by atoms with Gasteiger partial charge in [-0.1, -0.05) is 30.3 Å². The number of rotatable bonds is 6. The van der Waals surface area contributed by atoms with Gasteiger partial charge in [0.25, 0.3) is 0 Å². The molecule has 0 saturated heterocycles. The summed E-state index contributed by atoms with van der Waals surface area (Å²) in [7, 11) is -3.59. The second kappa shape index (κ2) is 6.70. The summed E-state index contributed by atoms with van der Waals surface area (Å²) in [6, 6.07) is 12.9. The highest BCUT2D eigenvalue weighted by Crippen LogP contribution is 2.27. The average molecular weight is 348 g/mol. The van der Waals surface area contributed by atoms with Crippen molar-refractivity contribution >= 4 is 21.6 Å². The number of benzene rings is 2. The van der Waals surface area contributed by atoms with E-state index in [2.05, 4.69) is 4.72 Å². The first-order chi connectivity index (χ1) is 11.4. The molecule has 0 spiro atoms. The molecule has 126 valence electrons. The normalized spacial score (nSPS) is 14.0. The van der Waals surface area contributed by atoms with Crippen LogP contribution in [-0.4, -0.2) is 27.4 Å². The zero-order chi connectivity index (χ0) is 17.2. The Hall–Kier alpha value is -2.25. The summed E-state index contributed by atoms with van der Waals surface area (Å²) in [5.41, 5.74) is 2.15. The fourth-order valence-corrected chi connectivity index (χ4v) is 3.89. The number of sulfonamides is 1. The van der Waals surface area contributed by atoms with Gasteiger partial charge in [0.1, 0.15) is 5.82 Å². The molecule has 1 heterocycles. The minimum absolute atomic E-state index is 0.0412. The maximum Gasteiger partial charge on any atom is 0.231 e. The van der Waals surface area contributed by atoms with Crippen LogP contribution in [0.4, 0.5) is 10.1 Å². The van der Waals surface area contributed by atoms with Crippen LogP contribution in [0.15, 0.2) is 48.5 Å². The number of nitrogens with zero attached hydrogens (tertiary/aromatic N) is 1. The number of hydrogen-bond acceptors (Lipinski definition) is 3. The van der Waals surface area contributed by atoms with Crippen LogP contribution in [0.5, 0.6) is 0 Å². The number of para-hydroxylation sites is 1. The molecule has 0 aliphatic carbocycles. The van der Waals surface area contributed by atoms with E-state index in [0.717, 1.165) is 11.3 Å². The molecule has 0 atom stereocenters. The molecule has 0 bridgehead atoms. The van der Waals surface area contributed by atoms with E-state index in [0.29, 0.717) is 12.0 Å². The largest absolute Gasteiger partial charge is 0.311 e. The van der Waals surface area contributed by atoms with Crippen LogP contribution in [0.1, 0.15) is 11.1 Å². The maximum absolute atomic E-state index is 13.1. The summed E-state index contributed by atoms with van der Waals surface area (Å²) in [4.78, 5) is 13.6. The number of hydrogen-bond donors (Lipinski definition) is 1. The zero-order valence-electron chi connectivity index (χ0n) is 12.9. The van der Waals surface area contributed by atoms with Crippen LogP contribution in [0, 0.1) is 5.82 Å². The van der Waals surface area contributed by atoms with Gasteiger partial charge >= 0.3 is 0 Å². The van der Waals surface area contributed by atoms with E-state index in [1.165, 1.54) is 18.2 Å². The third kappa shape index (κ3) is 3.80. The summed E-state index contributed by atoms with van der Waals surface area (Å²) in [6.07, 6.45) is 0.339. The quantitative estimate of drug-likeness (QED) is 0.866. The predicted octanol–water partition coefficient (Wildman–Crippen LogP) is 1.83. The molecule has 0 unspecified atom stereocenters. The molecule has 5 nitrogen and oxygen atoms in total. The summed E-state index contributed by atoms with van der Waals surface area (Å²) in [5, 5.41) is 0. The molecule has 7 heteroatoms. The van der Waals surface area contributed by atoms with E-state index in [1.54, 1.807) is 11.0 Å². The van der Waals surface area contributed by atoms with Crippen molar-refractivity contribution in [3.05, 3.63) is 65.5 Å². The molecule has 24 heavy (non-hydrogen) atoms. The lowest BCUT2D eigenvalue weighted by molar-refractivity contribution is -0.117. The van der Waals surface area contributed by atoms with Gasteiger partial charge in [-0.15, -0.1) is 0 Å². The van der Waals surface area contributed by atoms with Crippen molar-refractivity contribution < 1.29 is 17.6 Å². The van der Waals surface area contributed by atoms with Gasteiger partial charge in [0.15, 0.2) is 0 Å². The zero-order valence-corrected chi connectivity index (χ0v) is 13.7. The first kappa shape index (κ1) is 16.6. The predicted molar refractivity (Wildman–Crippen MR) is 89.5 cm³/mol. The van der Waals surface area contributed by atoms with Crippen molar-refractivity contribution in [3.63, 3.8) is 0 Å². The SMILES string of the molecule is O=C1Cc2ccccc2N1CCNS(=O)(=O)Cc1cccc(F)c1. The van der Waals surface area contributed by atoms with E-state index in [4.69, 9.17) is 0 Å². The van der Waals surface area contributed by atoms with E-state index in [-0.39, 0.29) is 24.7 Å². The number of carbonyl (C=O) groups is 1. The first-order valence-corrected chi connectivity index (χ1v) is 9.20. The number of anilines is 1. The summed E-state index contributed by atoms with van der Waals surface area (Å²) < 4.78 is 39.7. The number of amides is 1. The molecule has 2 aromatic rings. The second-order valence-corrected chi connectivity index (χ2v) is 7.44. The lowest BCUT2D eigenvalue weighted by atomic mass is 10.2. The minimum Gasteiger partial charge on any atom is -0.311 e. The molecule has 1 aliphatic heterocycles. The van der Waals surface area contributed by atoms with E-state index in [1.807, 2.05) is 24.3 Å². The molecule has 0 fully saturated rings. The number of carbonyl (C=O) groups excluding carboxylic acids is 1. The lowest BCUT2D eigenvalue weighted by Crippen LogP contribution is -2.37. The van der Waals surface area contributed by atoms with Crippen LogP contribution >= 0.6 is 0 Å². The monoisotopic (exact) mass is 348 g/mol. The Morgan fingerprint density at radius 3 is 2.71 bits per heavy atom. The molecule has 1 N–H and O–H groups in total. The summed E-state index contributed by atoms with van der Waals surface area (Å²) >= 11 is 0. The van der Waals surface area contributed by atoms with Crippen LogP contribution in [0.25, 0.3) is 0 Å². The molecule has 3 rings (SSSR count). The molecule has 0 saturated carbocycles. The lowest BCUT2D eigenvalue weighted by Gasteiger charge is -2.17. The van der Waals surface area contributed by atoms with Gasteiger partial charge in [0.2, 0.25) is 15.9 Å². The first-order valence-electron chi connectivity index (χ1n) is 7.55. The Bertz CT molecular complexity index is 868. The van der Waals surface area contributed by atoms with E-state index >= 15 is 0 Å². The highest BCUT2D eigenvalue weighted by atomic mass is 32.2.